The zero-order valence-corrected chi connectivity index (χ0v) is 14.3. The number of hydrogen-bond acceptors (Lipinski definition) is 6. The summed E-state index contributed by atoms with van der Waals surface area (Å²) in [6, 6.07) is 0.481. The van der Waals surface area contributed by atoms with Gasteiger partial charge in [0.15, 0.2) is 0 Å². The van der Waals surface area contributed by atoms with E-state index in [-0.39, 0.29) is 10.7 Å². The summed E-state index contributed by atoms with van der Waals surface area (Å²) in [6.07, 6.45) is 4.27. The van der Waals surface area contributed by atoms with Gasteiger partial charge in [0.1, 0.15) is 5.82 Å². The molecule has 1 unspecified atom stereocenters. The van der Waals surface area contributed by atoms with E-state index < -0.39 is 0 Å². The number of nitrogens with zero attached hydrogens (tertiary/aromatic N) is 4. The molecule has 1 aliphatic carbocycles. The third-order valence-electron chi connectivity index (χ3n) is 4.66. The van der Waals surface area contributed by atoms with Crippen LogP contribution in [0.3, 0.4) is 0 Å². The monoisotopic (exact) mass is 336 g/mol. The molecule has 126 valence electrons. The van der Waals surface area contributed by atoms with Gasteiger partial charge in [0.2, 0.25) is 11.9 Å². The fourth-order valence-electron chi connectivity index (χ4n) is 2.98. The molecular weight excluding hydrogens is 312 g/mol. The van der Waals surface area contributed by atoms with E-state index >= 15 is 0 Å². The predicted octanol–water partition coefficient (Wildman–Crippen LogP) is -0.298. The van der Waals surface area contributed by atoms with Crippen molar-refractivity contribution >= 4 is 22.6 Å². The van der Waals surface area contributed by atoms with E-state index in [9.17, 15) is 4.79 Å². The van der Waals surface area contributed by atoms with Crippen molar-refractivity contribution in [2.75, 3.05) is 45.5 Å². The van der Waals surface area contributed by atoms with Crippen LogP contribution in [-0.4, -0.2) is 73.2 Å². The van der Waals surface area contributed by atoms with Crippen molar-refractivity contribution in [3.63, 3.8) is 0 Å². The Morgan fingerprint density at radius 2 is 2.04 bits per heavy atom. The van der Waals surface area contributed by atoms with Gasteiger partial charge in [-0.1, -0.05) is 10.7 Å². The maximum Gasteiger partial charge on any atom is 0.233 e. The Hall–Kier alpha value is -1.41. The van der Waals surface area contributed by atoms with Gasteiger partial charge in [0.25, 0.3) is 0 Å². The number of piperazine rings is 1. The Morgan fingerprint density at radius 1 is 1.30 bits per heavy atom. The van der Waals surface area contributed by atoms with Crippen LogP contribution in [0.1, 0.15) is 12.8 Å². The van der Waals surface area contributed by atoms with Gasteiger partial charge in [0.05, 0.1) is 6.04 Å². The number of guanidine groups is 1. The molecular formula is C15H24N6OS. The minimum Gasteiger partial charge on any atom is -0.364 e. The summed E-state index contributed by atoms with van der Waals surface area (Å²) < 4.78 is 4.69. The standard InChI is InChI=1S/C15H24N6OS/c1-23-10-13(17-12-8-16-9-12)18-15(19-23)21-6-4-20(5-7-21)14(22)11-2-3-11/h10-12,16-17H,2-9H2,1H3. The van der Waals surface area contributed by atoms with Crippen LogP contribution in [0, 0.1) is 5.92 Å². The van der Waals surface area contributed by atoms with E-state index in [0.717, 1.165) is 63.9 Å². The number of carbonyl (C=O) groups excluding carboxylic acids is 1. The highest BCUT2D eigenvalue weighted by Crippen LogP contribution is 2.31. The van der Waals surface area contributed by atoms with Crippen LogP contribution in [-0.2, 0) is 15.5 Å². The fourth-order valence-corrected chi connectivity index (χ4v) is 3.89. The first-order valence-corrected chi connectivity index (χ1v) is 10.0. The first-order chi connectivity index (χ1) is 11.2. The molecule has 0 aromatic rings. The highest BCUT2D eigenvalue weighted by Gasteiger charge is 2.35. The van der Waals surface area contributed by atoms with Crippen LogP contribution in [0.15, 0.2) is 20.6 Å². The molecule has 4 aliphatic rings. The zero-order chi connectivity index (χ0) is 15.8. The number of hydrogen-bond donors (Lipinski definition) is 2. The molecule has 3 heterocycles. The van der Waals surface area contributed by atoms with E-state index in [0.29, 0.717) is 17.9 Å². The molecule has 0 radical (unpaired) electrons. The van der Waals surface area contributed by atoms with Gasteiger partial charge < -0.3 is 20.4 Å². The molecule has 8 heteroatoms. The first kappa shape index (κ1) is 15.1. The highest BCUT2D eigenvalue weighted by molar-refractivity contribution is 7.89. The van der Waals surface area contributed by atoms with Gasteiger partial charge in [-0.25, -0.2) is 0 Å². The van der Waals surface area contributed by atoms with Crippen LogP contribution in [0.5, 0.6) is 0 Å². The van der Waals surface area contributed by atoms with Crippen LogP contribution in [0.25, 0.3) is 0 Å². The predicted molar refractivity (Wildman–Crippen MR) is 91.9 cm³/mol. The molecule has 0 aromatic carbocycles. The zero-order valence-electron chi connectivity index (χ0n) is 13.5. The minimum absolute atomic E-state index is 0.134. The second-order valence-corrected chi connectivity index (χ2v) is 8.08. The van der Waals surface area contributed by atoms with Crippen molar-refractivity contribution < 1.29 is 4.79 Å². The Bertz CT molecular complexity index is 585. The second kappa shape index (κ2) is 6.24. The largest absolute Gasteiger partial charge is 0.364 e. The van der Waals surface area contributed by atoms with E-state index in [1.165, 1.54) is 0 Å². The molecule has 0 bridgehead atoms. The molecule has 2 N–H and O–H groups in total. The average Bonchev–Trinajstić information content (AvgIpc) is 3.35. The average molecular weight is 336 g/mol. The van der Waals surface area contributed by atoms with E-state index in [1.807, 2.05) is 4.90 Å². The SMILES string of the molecule is CS1=NC(N2CCN(C(=O)C3CC3)CC2)=NC(NC2CNC2)=C1. The van der Waals surface area contributed by atoms with Crippen LogP contribution >= 0.6 is 0 Å². The van der Waals surface area contributed by atoms with Crippen molar-refractivity contribution in [3.8, 4) is 0 Å². The normalized spacial score (nSPS) is 28.5. The van der Waals surface area contributed by atoms with Crippen molar-refractivity contribution in [1.29, 1.82) is 0 Å². The molecule has 1 saturated carbocycles. The molecule has 23 heavy (non-hydrogen) atoms. The summed E-state index contributed by atoms with van der Waals surface area (Å²) in [5.74, 6) is 2.44. The third-order valence-corrected chi connectivity index (χ3v) is 5.68. The molecule has 4 rings (SSSR count). The minimum atomic E-state index is -0.134. The second-order valence-electron chi connectivity index (χ2n) is 6.62. The quantitative estimate of drug-likeness (QED) is 0.742. The van der Waals surface area contributed by atoms with Gasteiger partial charge in [0, 0.05) is 50.6 Å². The van der Waals surface area contributed by atoms with Crippen LogP contribution in [0.4, 0.5) is 0 Å². The summed E-state index contributed by atoms with van der Waals surface area (Å²) in [7, 11) is -0.134. The topological polar surface area (TPSA) is 72.3 Å². The summed E-state index contributed by atoms with van der Waals surface area (Å²) >= 11 is 0. The first-order valence-electron chi connectivity index (χ1n) is 8.37. The summed E-state index contributed by atoms with van der Waals surface area (Å²) in [4.78, 5) is 21.1. The van der Waals surface area contributed by atoms with Gasteiger partial charge in [-0.15, -0.1) is 0 Å². The maximum absolute atomic E-state index is 12.1. The summed E-state index contributed by atoms with van der Waals surface area (Å²) in [5, 5.41) is 8.84. The van der Waals surface area contributed by atoms with E-state index in [1.54, 1.807) is 0 Å². The lowest BCUT2D eigenvalue weighted by molar-refractivity contribution is -0.133. The maximum atomic E-state index is 12.1. The van der Waals surface area contributed by atoms with Crippen LogP contribution < -0.4 is 10.6 Å². The molecule has 7 nitrogen and oxygen atoms in total. The molecule has 1 amide bonds. The number of aliphatic imine (C=N–C) groups is 1. The Morgan fingerprint density at radius 3 is 2.65 bits per heavy atom. The van der Waals surface area contributed by atoms with Crippen molar-refractivity contribution in [3.05, 3.63) is 11.2 Å². The molecule has 1 atom stereocenters. The van der Waals surface area contributed by atoms with Gasteiger partial charge in [-0.05, 0) is 19.1 Å². The van der Waals surface area contributed by atoms with Crippen molar-refractivity contribution in [2.24, 2.45) is 15.3 Å². The Balaban J connectivity index is 1.37. The lowest BCUT2D eigenvalue weighted by Crippen LogP contribution is -2.55. The number of nitrogens with one attached hydrogen (secondary N) is 2. The van der Waals surface area contributed by atoms with Crippen molar-refractivity contribution in [2.45, 2.75) is 18.9 Å². The molecule has 3 aliphatic heterocycles. The van der Waals surface area contributed by atoms with E-state index in [4.69, 9.17) is 9.36 Å². The number of amides is 1. The number of carbonyl (C=O) groups is 1. The molecule has 0 aromatic heterocycles. The lowest BCUT2D eigenvalue weighted by atomic mass is 10.2. The fraction of sp³-hybridized carbons (Fsp3) is 0.733. The Labute approximate surface area is 139 Å². The highest BCUT2D eigenvalue weighted by atomic mass is 32.2. The third kappa shape index (κ3) is 3.42. The van der Waals surface area contributed by atoms with Gasteiger partial charge >= 0.3 is 0 Å². The molecule has 2 saturated heterocycles. The summed E-state index contributed by atoms with van der Waals surface area (Å²) in [6.45, 7) is 5.24. The van der Waals surface area contributed by atoms with Crippen molar-refractivity contribution in [1.82, 2.24) is 20.4 Å². The van der Waals surface area contributed by atoms with Gasteiger partial charge in [-0.3, -0.25) is 4.79 Å². The molecule has 3 fully saturated rings. The van der Waals surface area contributed by atoms with Crippen LogP contribution in [0.2, 0.25) is 0 Å². The lowest BCUT2D eigenvalue weighted by Gasteiger charge is -2.36. The summed E-state index contributed by atoms with van der Waals surface area (Å²) in [5.41, 5.74) is 0. The van der Waals surface area contributed by atoms with Gasteiger partial charge in [-0.2, -0.15) is 9.36 Å². The van der Waals surface area contributed by atoms with E-state index in [2.05, 4.69) is 27.2 Å². The Kier molecular flexibility index (Phi) is 4.11. The number of rotatable bonds is 3. The molecule has 0 spiro atoms. The smallest absolute Gasteiger partial charge is 0.233 e.